The first-order valence-electron chi connectivity index (χ1n) is 6.92. The number of nitrogens with zero attached hydrogens (tertiary/aromatic N) is 2. The van der Waals surface area contributed by atoms with Crippen LogP contribution in [-0.2, 0) is 6.42 Å². The van der Waals surface area contributed by atoms with Crippen LogP contribution in [0, 0.1) is 0 Å². The molecule has 0 aliphatic carbocycles. The average molecular weight is 272 g/mol. The van der Waals surface area contributed by atoms with Gasteiger partial charge in [0, 0.05) is 11.6 Å². The fourth-order valence-electron chi connectivity index (χ4n) is 1.86. The number of carbonyl (C=O) groups is 1. The third-order valence-corrected chi connectivity index (χ3v) is 3.00. The minimum Gasteiger partial charge on any atom is -0.319 e. The van der Waals surface area contributed by atoms with Crippen molar-refractivity contribution in [3.8, 4) is 0 Å². The Labute approximate surface area is 118 Å². The highest BCUT2D eigenvalue weighted by molar-refractivity contribution is 6.01. The summed E-state index contributed by atoms with van der Waals surface area (Å²) in [4.78, 5) is 16.2. The predicted molar refractivity (Wildman–Crippen MR) is 78.9 cm³/mol. The van der Waals surface area contributed by atoms with Crippen molar-refractivity contribution in [3.05, 3.63) is 41.5 Å². The number of hydrogen-bond donors (Lipinski definition) is 2. The second-order valence-electron chi connectivity index (χ2n) is 5.10. The highest BCUT2D eigenvalue weighted by Crippen LogP contribution is 2.13. The number of aryl methyl sites for hydroxylation is 1. The first-order valence-corrected chi connectivity index (χ1v) is 6.92. The average Bonchev–Trinajstić information content (AvgIpc) is 2.91. The van der Waals surface area contributed by atoms with E-state index in [1.807, 2.05) is 38.1 Å². The van der Waals surface area contributed by atoms with Crippen LogP contribution in [0.5, 0.6) is 0 Å². The number of aromatic amines is 1. The van der Waals surface area contributed by atoms with Crippen LogP contribution in [0.1, 0.15) is 55.1 Å². The van der Waals surface area contributed by atoms with Gasteiger partial charge in [-0.1, -0.05) is 39.3 Å². The van der Waals surface area contributed by atoms with E-state index in [4.69, 9.17) is 0 Å². The van der Waals surface area contributed by atoms with Crippen molar-refractivity contribution in [2.45, 2.75) is 39.5 Å². The van der Waals surface area contributed by atoms with Crippen molar-refractivity contribution < 1.29 is 4.79 Å². The molecule has 5 heteroatoms. The zero-order valence-electron chi connectivity index (χ0n) is 12.1. The van der Waals surface area contributed by atoms with Gasteiger partial charge in [0.25, 0.3) is 5.91 Å². The van der Waals surface area contributed by atoms with Crippen molar-refractivity contribution in [3.63, 3.8) is 0 Å². The molecule has 1 heterocycles. The molecule has 0 atom stereocenters. The molecule has 0 unspecified atom stereocenters. The number of rotatable bonds is 5. The van der Waals surface area contributed by atoms with Crippen molar-refractivity contribution in [2.24, 2.45) is 0 Å². The standard InChI is InChI=1S/C15H20N4O/c1-4-5-11-6-8-12(9-7-11)16-15(20)14-17-13(10(2)3)18-19-14/h6-10H,4-5H2,1-3H3,(H,16,20)(H,17,18,19). The predicted octanol–water partition coefficient (Wildman–Crippen LogP) is 3.13. The van der Waals surface area contributed by atoms with Crippen molar-refractivity contribution in [1.82, 2.24) is 15.2 Å². The smallest absolute Gasteiger partial charge is 0.295 e. The Morgan fingerprint density at radius 2 is 2.00 bits per heavy atom. The molecule has 5 nitrogen and oxygen atoms in total. The first-order chi connectivity index (χ1) is 9.60. The monoisotopic (exact) mass is 272 g/mol. The second kappa shape index (κ2) is 6.32. The van der Waals surface area contributed by atoms with Gasteiger partial charge in [-0.3, -0.25) is 9.89 Å². The summed E-state index contributed by atoms with van der Waals surface area (Å²) in [7, 11) is 0. The molecule has 0 radical (unpaired) electrons. The van der Waals surface area contributed by atoms with E-state index in [1.165, 1.54) is 5.56 Å². The molecule has 0 saturated heterocycles. The number of benzene rings is 1. The van der Waals surface area contributed by atoms with Crippen LogP contribution >= 0.6 is 0 Å². The largest absolute Gasteiger partial charge is 0.319 e. The first kappa shape index (κ1) is 14.2. The molecule has 106 valence electrons. The molecule has 1 amide bonds. The van der Waals surface area contributed by atoms with Crippen LogP contribution in [-0.4, -0.2) is 21.1 Å². The zero-order chi connectivity index (χ0) is 14.5. The van der Waals surface area contributed by atoms with Crippen molar-refractivity contribution in [2.75, 3.05) is 5.32 Å². The summed E-state index contributed by atoms with van der Waals surface area (Å²) in [5, 5.41) is 9.50. The summed E-state index contributed by atoms with van der Waals surface area (Å²) < 4.78 is 0. The summed E-state index contributed by atoms with van der Waals surface area (Å²) in [6.45, 7) is 6.13. The lowest BCUT2D eigenvalue weighted by atomic mass is 10.1. The van der Waals surface area contributed by atoms with E-state index in [2.05, 4.69) is 27.4 Å². The minimum atomic E-state index is -0.295. The summed E-state index contributed by atoms with van der Waals surface area (Å²) >= 11 is 0. The second-order valence-corrected chi connectivity index (χ2v) is 5.10. The number of hydrogen-bond acceptors (Lipinski definition) is 3. The van der Waals surface area contributed by atoms with Gasteiger partial charge in [-0.15, -0.1) is 5.10 Å². The van der Waals surface area contributed by atoms with Crippen LogP contribution < -0.4 is 5.32 Å². The number of nitrogens with one attached hydrogen (secondary N) is 2. The van der Waals surface area contributed by atoms with Crippen LogP contribution in [0.25, 0.3) is 0 Å². The molecule has 0 aliphatic heterocycles. The Hall–Kier alpha value is -2.17. The maximum absolute atomic E-state index is 12.0. The van der Waals surface area contributed by atoms with Gasteiger partial charge in [0.05, 0.1) is 0 Å². The van der Waals surface area contributed by atoms with E-state index in [-0.39, 0.29) is 17.6 Å². The normalized spacial score (nSPS) is 10.8. The molecule has 2 N–H and O–H groups in total. The highest BCUT2D eigenvalue weighted by atomic mass is 16.2. The maximum atomic E-state index is 12.0. The van der Waals surface area contributed by atoms with Gasteiger partial charge in [0.1, 0.15) is 5.82 Å². The molecule has 0 saturated carbocycles. The molecule has 2 rings (SSSR count). The third kappa shape index (κ3) is 3.44. The molecule has 0 fully saturated rings. The number of H-pyrrole nitrogens is 1. The van der Waals surface area contributed by atoms with E-state index in [0.717, 1.165) is 18.5 Å². The number of anilines is 1. The Balaban J connectivity index is 2.03. The van der Waals surface area contributed by atoms with Crippen LogP contribution in [0.3, 0.4) is 0 Å². The van der Waals surface area contributed by atoms with E-state index in [9.17, 15) is 4.79 Å². The quantitative estimate of drug-likeness (QED) is 0.878. The summed E-state index contributed by atoms with van der Waals surface area (Å²) in [5.74, 6) is 0.813. The maximum Gasteiger partial charge on any atom is 0.295 e. The van der Waals surface area contributed by atoms with Gasteiger partial charge in [-0.25, -0.2) is 4.98 Å². The Morgan fingerprint density at radius 3 is 2.55 bits per heavy atom. The Bertz CT molecular complexity index is 572. The topological polar surface area (TPSA) is 70.7 Å². The number of aromatic nitrogens is 3. The van der Waals surface area contributed by atoms with Gasteiger partial charge in [-0.2, -0.15) is 0 Å². The fourth-order valence-corrected chi connectivity index (χ4v) is 1.86. The third-order valence-electron chi connectivity index (χ3n) is 3.00. The molecule has 20 heavy (non-hydrogen) atoms. The van der Waals surface area contributed by atoms with Gasteiger partial charge in [0.15, 0.2) is 0 Å². The van der Waals surface area contributed by atoms with E-state index in [1.54, 1.807) is 0 Å². The van der Waals surface area contributed by atoms with E-state index < -0.39 is 0 Å². The van der Waals surface area contributed by atoms with Crippen LogP contribution in [0.2, 0.25) is 0 Å². The lowest BCUT2D eigenvalue weighted by Crippen LogP contribution is -2.13. The SMILES string of the molecule is CCCc1ccc(NC(=O)c2n[nH]c(C(C)C)n2)cc1. The molecular weight excluding hydrogens is 252 g/mol. The molecule has 0 bridgehead atoms. The number of carbonyl (C=O) groups excluding carboxylic acids is 1. The van der Waals surface area contributed by atoms with Crippen LogP contribution in [0.4, 0.5) is 5.69 Å². The molecule has 0 spiro atoms. The van der Waals surface area contributed by atoms with Gasteiger partial charge in [-0.05, 0) is 24.1 Å². The number of amides is 1. The van der Waals surface area contributed by atoms with Crippen molar-refractivity contribution >= 4 is 11.6 Å². The molecule has 2 aromatic rings. The summed E-state index contributed by atoms with van der Waals surface area (Å²) in [6.07, 6.45) is 2.16. The van der Waals surface area contributed by atoms with Gasteiger partial charge < -0.3 is 5.32 Å². The van der Waals surface area contributed by atoms with Crippen LogP contribution in [0.15, 0.2) is 24.3 Å². The molecule has 1 aromatic carbocycles. The van der Waals surface area contributed by atoms with E-state index >= 15 is 0 Å². The zero-order valence-corrected chi connectivity index (χ0v) is 12.1. The molecular formula is C15H20N4O. The Kier molecular flexibility index (Phi) is 4.50. The summed E-state index contributed by atoms with van der Waals surface area (Å²) in [5.41, 5.74) is 2.02. The lowest BCUT2D eigenvalue weighted by Gasteiger charge is -2.04. The minimum absolute atomic E-state index is 0.173. The molecule has 1 aromatic heterocycles. The van der Waals surface area contributed by atoms with Crippen molar-refractivity contribution in [1.29, 1.82) is 0 Å². The van der Waals surface area contributed by atoms with Gasteiger partial charge >= 0.3 is 0 Å². The summed E-state index contributed by atoms with van der Waals surface area (Å²) in [6, 6.07) is 7.85. The van der Waals surface area contributed by atoms with Gasteiger partial charge in [0.2, 0.25) is 5.82 Å². The fraction of sp³-hybridized carbons (Fsp3) is 0.400. The Morgan fingerprint density at radius 1 is 1.30 bits per heavy atom. The highest BCUT2D eigenvalue weighted by Gasteiger charge is 2.14. The lowest BCUT2D eigenvalue weighted by molar-refractivity contribution is 0.101. The van der Waals surface area contributed by atoms with E-state index in [0.29, 0.717) is 5.82 Å². The molecule has 0 aliphatic rings.